The number of pyridine rings is 2. The summed E-state index contributed by atoms with van der Waals surface area (Å²) in [6.45, 7) is 0. The van der Waals surface area contributed by atoms with Gasteiger partial charge in [-0.25, -0.2) is 0 Å². The summed E-state index contributed by atoms with van der Waals surface area (Å²) in [5, 5.41) is 5.39. The van der Waals surface area contributed by atoms with Crippen LogP contribution >= 0.6 is 0 Å². The summed E-state index contributed by atoms with van der Waals surface area (Å²) in [6, 6.07) is 49.6. The molecule has 0 aliphatic carbocycles. The first-order chi connectivity index (χ1) is 21.2. The lowest BCUT2D eigenvalue weighted by molar-refractivity contribution is 0.461. The Labute approximate surface area is 251 Å². The van der Waals surface area contributed by atoms with Gasteiger partial charge >= 0.3 is 0 Å². The van der Waals surface area contributed by atoms with Crippen molar-refractivity contribution in [2.45, 2.75) is 5.54 Å². The molecule has 7 aromatic rings. The fraction of sp³-hybridized carbons (Fsp3) is 0.0263. The monoisotopic (exact) mass is 555 g/mol. The number of nitrogens with two attached hydrogens (primary N) is 1. The maximum atomic E-state index is 5.96. The summed E-state index contributed by atoms with van der Waals surface area (Å²) in [7, 11) is 0. The lowest BCUT2D eigenvalue weighted by Gasteiger charge is -2.36. The highest BCUT2D eigenvalue weighted by molar-refractivity contribution is 5.81. The van der Waals surface area contributed by atoms with E-state index < -0.39 is 5.54 Å². The van der Waals surface area contributed by atoms with Gasteiger partial charge in [0.15, 0.2) is 0 Å². The molecule has 0 atom stereocenters. The van der Waals surface area contributed by atoms with Gasteiger partial charge in [0.2, 0.25) is 0 Å². The molecule has 4 aromatic carbocycles. The van der Waals surface area contributed by atoms with E-state index in [-0.39, 0.29) is 0 Å². The fourth-order valence-electron chi connectivity index (χ4n) is 5.79. The number of rotatable bonds is 7. The van der Waals surface area contributed by atoms with E-state index in [9.17, 15) is 0 Å². The smallest absolute Gasteiger partial charge is 0.138 e. The van der Waals surface area contributed by atoms with Gasteiger partial charge in [-0.05, 0) is 58.7 Å². The van der Waals surface area contributed by atoms with Crippen LogP contribution < -0.4 is 5.73 Å². The quantitative estimate of drug-likeness (QED) is 0.159. The van der Waals surface area contributed by atoms with Crippen LogP contribution in [0, 0.1) is 0 Å². The van der Waals surface area contributed by atoms with Gasteiger partial charge in [0.05, 0.1) is 11.4 Å². The topological polar surface area (TPSA) is 69.6 Å². The molecule has 206 valence electrons. The van der Waals surface area contributed by atoms with E-state index in [1.807, 2.05) is 79.1 Å². The Balaban J connectivity index is 1.53. The second kappa shape index (κ2) is 11.2. The molecule has 0 saturated carbocycles. The second-order valence-electron chi connectivity index (χ2n) is 10.4. The maximum absolute atomic E-state index is 5.96. The van der Waals surface area contributed by atoms with Crippen LogP contribution in [0.1, 0.15) is 16.7 Å². The van der Waals surface area contributed by atoms with Crippen molar-refractivity contribution >= 4 is 5.69 Å². The molecular formula is C38H29N5. The molecule has 0 aliphatic rings. The predicted molar refractivity (Wildman–Crippen MR) is 173 cm³/mol. The Hall–Kier alpha value is -5.81. The van der Waals surface area contributed by atoms with Gasteiger partial charge < -0.3 is 5.73 Å². The molecule has 43 heavy (non-hydrogen) atoms. The zero-order valence-electron chi connectivity index (χ0n) is 23.5. The molecule has 2 N–H and O–H groups in total. The second-order valence-corrected chi connectivity index (χ2v) is 10.4. The summed E-state index contributed by atoms with van der Waals surface area (Å²) in [5.74, 6) is 0. The van der Waals surface area contributed by atoms with Crippen LogP contribution in [-0.4, -0.2) is 19.7 Å². The van der Waals surface area contributed by atoms with Crippen molar-refractivity contribution in [2.24, 2.45) is 0 Å². The molecule has 5 nitrogen and oxygen atoms in total. The molecular weight excluding hydrogens is 526 g/mol. The fourth-order valence-corrected chi connectivity index (χ4v) is 5.79. The van der Waals surface area contributed by atoms with Crippen molar-refractivity contribution in [1.82, 2.24) is 19.7 Å². The van der Waals surface area contributed by atoms with Crippen LogP contribution in [0.5, 0.6) is 0 Å². The highest BCUT2D eigenvalue weighted by atomic mass is 15.3. The van der Waals surface area contributed by atoms with E-state index in [1.165, 1.54) is 0 Å². The van der Waals surface area contributed by atoms with Crippen LogP contribution in [-0.2, 0) is 5.54 Å². The highest BCUT2D eigenvalue weighted by Gasteiger charge is 2.40. The summed E-state index contributed by atoms with van der Waals surface area (Å²) in [6.07, 6.45) is 5.81. The SMILES string of the molecule is Nc1ccc(-c2cc(-c3cn(C(c4ccccc4)(c4ccccc4)c4ccccc4)nc3-c3ccccn3)ccn2)cc1. The van der Waals surface area contributed by atoms with Gasteiger partial charge in [0.25, 0.3) is 0 Å². The number of aromatic nitrogens is 4. The van der Waals surface area contributed by atoms with Crippen LogP contribution in [0.25, 0.3) is 33.8 Å². The van der Waals surface area contributed by atoms with E-state index in [1.54, 1.807) is 0 Å². The molecule has 0 saturated heterocycles. The lowest BCUT2D eigenvalue weighted by Crippen LogP contribution is -2.38. The third kappa shape index (κ3) is 4.77. The predicted octanol–water partition coefficient (Wildman–Crippen LogP) is 8.10. The molecule has 0 unspecified atom stereocenters. The lowest BCUT2D eigenvalue weighted by atomic mass is 9.77. The molecule has 0 spiro atoms. The standard InChI is InChI=1S/C38H29N5/c39-33-21-19-28(20-22-33)36-26-29(23-25-41-36)34-27-43(42-37(34)35-18-10-11-24-40-35)38(30-12-4-1-5-13-30,31-14-6-2-7-15-31)32-16-8-3-9-17-32/h1-27H,39H2. The molecule has 3 aromatic heterocycles. The van der Waals surface area contributed by atoms with E-state index >= 15 is 0 Å². The molecule has 0 radical (unpaired) electrons. The number of nitrogens with zero attached hydrogens (tertiary/aromatic N) is 4. The largest absolute Gasteiger partial charge is 0.399 e. The summed E-state index contributed by atoms with van der Waals surface area (Å²) in [5.41, 5.74) is 14.6. The van der Waals surface area contributed by atoms with Crippen LogP contribution in [0.3, 0.4) is 0 Å². The van der Waals surface area contributed by atoms with Gasteiger partial charge in [-0.3, -0.25) is 14.6 Å². The Bertz CT molecular complexity index is 1850. The summed E-state index contributed by atoms with van der Waals surface area (Å²) >= 11 is 0. The van der Waals surface area contributed by atoms with E-state index in [0.29, 0.717) is 0 Å². The van der Waals surface area contributed by atoms with E-state index in [2.05, 4.69) is 94.7 Å². The number of anilines is 1. The first-order valence-electron chi connectivity index (χ1n) is 14.2. The van der Waals surface area contributed by atoms with Crippen molar-refractivity contribution in [1.29, 1.82) is 0 Å². The normalized spacial score (nSPS) is 11.3. The molecule has 0 bridgehead atoms. The Morgan fingerprint density at radius 1 is 0.512 bits per heavy atom. The molecule has 7 rings (SSSR count). The maximum Gasteiger partial charge on any atom is 0.138 e. The summed E-state index contributed by atoms with van der Waals surface area (Å²) in [4.78, 5) is 9.42. The molecule has 5 heteroatoms. The van der Waals surface area contributed by atoms with Crippen LogP contribution in [0.15, 0.2) is 164 Å². The van der Waals surface area contributed by atoms with Crippen molar-refractivity contribution in [3.8, 4) is 33.8 Å². The number of nitrogen functional groups attached to an aromatic ring is 1. The van der Waals surface area contributed by atoms with Crippen molar-refractivity contribution < 1.29 is 0 Å². The minimum Gasteiger partial charge on any atom is -0.399 e. The van der Waals surface area contributed by atoms with Crippen molar-refractivity contribution in [2.75, 3.05) is 5.73 Å². The number of hydrogen-bond acceptors (Lipinski definition) is 4. The third-order valence-electron chi connectivity index (χ3n) is 7.82. The van der Waals surface area contributed by atoms with Gasteiger partial charge in [-0.2, -0.15) is 5.10 Å². The van der Waals surface area contributed by atoms with E-state index in [0.717, 1.165) is 56.1 Å². The van der Waals surface area contributed by atoms with Gasteiger partial charge in [-0.15, -0.1) is 0 Å². The Kier molecular flexibility index (Phi) is 6.82. The first-order valence-corrected chi connectivity index (χ1v) is 14.2. The summed E-state index contributed by atoms with van der Waals surface area (Å²) < 4.78 is 2.11. The van der Waals surface area contributed by atoms with Crippen LogP contribution in [0.2, 0.25) is 0 Å². The third-order valence-corrected chi connectivity index (χ3v) is 7.82. The van der Waals surface area contributed by atoms with Gasteiger partial charge in [-0.1, -0.05) is 109 Å². The number of hydrogen-bond donors (Lipinski definition) is 1. The molecule has 3 heterocycles. The molecule has 0 aliphatic heterocycles. The minimum atomic E-state index is -0.752. The average Bonchev–Trinajstić information content (AvgIpc) is 3.53. The van der Waals surface area contributed by atoms with Crippen molar-refractivity contribution in [3.05, 3.63) is 181 Å². The Morgan fingerprint density at radius 3 is 1.63 bits per heavy atom. The van der Waals surface area contributed by atoms with E-state index in [4.69, 9.17) is 15.8 Å². The highest BCUT2D eigenvalue weighted by Crippen LogP contribution is 2.43. The zero-order chi connectivity index (χ0) is 29.1. The Morgan fingerprint density at radius 2 is 1.07 bits per heavy atom. The average molecular weight is 556 g/mol. The zero-order valence-corrected chi connectivity index (χ0v) is 23.5. The van der Waals surface area contributed by atoms with Crippen molar-refractivity contribution in [3.63, 3.8) is 0 Å². The molecule has 0 amide bonds. The van der Waals surface area contributed by atoms with Gasteiger partial charge in [0, 0.05) is 35.4 Å². The van der Waals surface area contributed by atoms with Crippen LogP contribution in [0.4, 0.5) is 5.69 Å². The number of benzene rings is 4. The van der Waals surface area contributed by atoms with Gasteiger partial charge in [0.1, 0.15) is 11.2 Å². The first kappa shape index (κ1) is 26.1. The minimum absolute atomic E-state index is 0.720. The molecule has 0 fully saturated rings.